The first kappa shape index (κ1) is 18.9. The van der Waals surface area contributed by atoms with Crippen LogP contribution in [0.5, 0.6) is 0 Å². The molecule has 1 aromatic carbocycles. The van der Waals surface area contributed by atoms with Crippen LogP contribution in [0.4, 0.5) is 6.01 Å². The van der Waals surface area contributed by atoms with Crippen molar-refractivity contribution in [3.05, 3.63) is 24.3 Å². The summed E-state index contributed by atoms with van der Waals surface area (Å²) in [4.78, 5) is 24.5. The van der Waals surface area contributed by atoms with Crippen LogP contribution < -0.4 is 10.2 Å². The number of benzene rings is 1. The van der Waals surface area contributed by atoms with Gasteiger partial charge in [-0.3, -0.25) is 9.69 Å². The Morgan fingerprint density at radius 1 is 1.03 bits per heavy atom. The Morgan fingerprint density at radius 3 is 2.62 bits per heavy atom. The summed E-state index contributed by atoms with van der Waals surface area (Å²) in [5.74, 6) is 0.553. The minimum absolute atomic E-state index is 0.178. The largest absolute Gasteiger partial charge is 0.423 e. The van der Waals surface area contributed by atoms with Gasteiger partial charge in [0.2, 0.25) is 5.91 Å². The van der Waals surface area contributed by atoms with Crippen LogP contribution in [0.3, 0.4) is 0 Å². The monoisotopic (exact) mass is 397 g/mol. The number of hydrogen-bond acceptors (Lipinski definition) is 6. The van der Waals surface area contributed by atoms with Crippen LogP contribution in [0.2, 0.25) is 0 Å². The number of likely N-dealkylation sites (tertiary alicyclic amines) is 1. The molecule has 1 aromatic heterocycles. The predicted molar refractivity (Wildman–Crippen MR) is 113 cm³/mol. The highest BCUT2D eigenvalue weighted by Crippen LogP contribution is 2.28. The number of hydrogen-bond donors (Lipinski definition) is 1. The number of nitrogens with zero attached hydrogens (tertiary/aromatic N) is 4. The smallest absolute Gasteiger partial charge is 0.298 e. The summed E-state index contributed by atoms with van der Waals surface area (Å²) in [7, 11) is 0. The number of para-hydroxylation sites is 2. The summed E-state index contributed by atoms with van der Waals surface area (Å²) in [5, 5.41) is 3.34. The van der Waals surface area contributed by atoms with E-state index in [1.54, 1.807) is 0 Å². The van der Waals surface area contributed by atoms with Gasteiger partial charge in [0.15, 0.2) is 5.58 Å². The van der Waals surface area contributed by atoms with Gasteiger partial charge in [-0.15, -0.1) is 0 Å². The lowest BCUT2D eigenvalue weighted by Gasteiger charge is -2.42. The lowest BCUT2D eigenvalue weighted by molar-refractivity contribution is -0.138. The Balaban J connectivity index is 1.17. The Kier molecular flexibility index (Phi) is 5.42. The SMILES string of the molecule is O=C([C@@H]1CCCN(C2CCN(c3nc4ccccc4o3)CC2)C1)N1CCNCC1. The van der Waals surface area contributed by atoms with E-state index >= 15 is 0 Å². The number of oxazole rings is 1. The Hall–Kier alpha value is -2.12. The van der Waals surface area contributed by atoms with Crippen molar-refractivity contribution in [3.8, 4) is 0 Å². The second kappa shape index (κ2) is 8.32. The topological polar surface area (TPSA) is 64.9 Å². The van der Waals surface area contributed by atoms with Gasteiger partial charge in [-0.05, 0) is 44.4 Å². The molecule has 3 aliphatic heterocycles. The van der Waals surface area contributed by atoms with Gasteiger partial charge in [-0.25, -0.2) is 0 Å². The zero-order valence-corrected chi connectivity index (χ0v) is 17.1. The number of aromatic nitrogens is 1. The zero-order valence-electron chi connectivity index (χ0n) is 17.1. The number of rotatable bonds is 3. The third-order valence-corrected chi connectivity index (χ3v) is 6.76. The first-order valence-corrected chi connectivity index (χ1v) is 11.1. The van der Waals surface area contributed by atoms with Gasteiger partial charge in [0, 0.05) is 51.9 Å². The Bertz CT molecular complexity index is 806. The maximum atomic E-state index is 12.9. The summed E-state index contributed by atoms with van der Waals surface area (Å²) in [5.41, 5.74) is 1.78. The molecule has 3 saturated heterocycles. The van der Waals surface area contributed by atoms with E-state index in [9.17, 15) is 4.79 Å². The van der Waals surface area contributed by atoms with E-state index in [-0.39, 0.29) is 5.92 Å². The van der Waals surface area contributed by atoms with Crippen molar-refractivity contribution in [3.63, 3.8) is 0 Å². The van der Waals surface area contributed by atoms with E-state index in [1.165, 1.54) is 0 Å². The van der Waals surface area contributed by atoms with Crippen molar-refractivity contribution in [1.29, 1.82) is 0 Å². The van der Waals surface area contributed by atoms with Gasteiger partial charge in [0.05, 0.1) is 5.92 Å². The molecule has 2 aromatic rings. The maximum absolute atomic E-state index is 12.9. The van der Waals surface area contributed by atoms with E-state index in [1.807, 2.05) is 24.3 Å². The van der Waals surface area contributed by atoms with Crippen molar-refractivity contribution >= 4 is 23.0 Å². The first-order chi connectivity index (χ1) is 14.3. The molecule has 0 saturated carbocycles. The van der Waals surface area contributed by atoms with Crippen LogP contribution in [-0.4, -0.2) is 79.1 Å². The highest BCUT2D eigenvalue weighted by atomic mass is 16.4. The average Bonchev–Trinajstić information content (AvgIpc) is 3.24. The molecular weight excluding hydrogens is 366 g/mol. The van der Waals surface area contributed by atoms with E-state index < -0.39 is 0 Å². The van der Waals surface area contributed by atoms with E-state index in [2.05, 4.69) is 25.0 Å². The van der Waals surface area contributed by atoms with Gasteiger partial charge < -0.3 is 19.5 Å². The average molecular weight is 398 g/mol. The number of anilines is 1. The van der Waals surface area contributed by atoms with Crippen molar-refractivity contribution in [2.45, 2.75) is 31.7 Å². The number of piperazine rings is 1. The molecule has 1 N–H and O–H groups in total. The molecule has 3 fully saturated rings. The van der Waals surface area contributed by atoms with Crippen molar-refractivity contribution in [2.24, 2.45) is 5.92 Å². The number of amides is 1. The van der Waals surface area contributed by atoms with Crippen LogP contribution >= 0.6 is 0 Å². The van der Waals surface area contributed by atoms with E-state index in [0.717, 1.165) is 95.2 Å². The molecule has 1 atom stereocenters. The molecule has 0 radical (unpaired) electrons. The van der Waals surface area contributed by atoms with Crippen molar-refractivity contribution in [1.82, 2.24) is 20.1 Å². The molecule has 1 amide bonds. The molecule has 7 nitrogen and oxygen atoms in total. The lowest BCUT2D eigenvalue weighted by atomic mass is 9.92. The molecule has 3 aliphatic rings. The fourth-order valence-electron chi connectivity index (χ4n) is 5.10. The van der Waals surface area contributed by atoms with Crippen molar-refractivity contribution < 1.29 is 9.21 Å². The summed E-state index contributed by atoms with van der Waals surface area (Å²) >= 11 is 0. The highest BCUT2D eigenvalue weighted by Gasteiger charge is 2.34. The number of piperidine rings is 2. The standard InChI is InChI=1S/C22H31N5O2/c28-21(25-14-9-23-10-15-25)17-4-3-11-27(16-17)18-7-12-26(13-8-18)22-24-19-5-1-2-6-20(19)29-22/h1-2,5-6,17-18,23H,3-4,7-16H2/t17-/m1/s1. The third kappa shape index (κ3) is 3.98. The highest BCUT2D eigenvalue weighted by molar-refractivity contribution is 5.79. The van der Waals surface area contributed by atoms with E-state index in [4.69, 9.17) is 4.42 Å². The summed E-state index contributed by atoms with van der Waals surface area (Å²) in [6, 6.07) is 9.26. The van der Waals surface area contributed by atoms with Crippen LogP contribution in [0, 0.1) is 5.92 Å². The predicted octanol–water partition coefficient (Wildman–Crippen LogP) is 1.94. The minimum atomic E-state index is 0.178. The molecule has 156 valence electrons. The second-order valence-corrected chi connectivity index (χ2v) is 8.59. The van der Waals surface area contributed by atoms with Gasteiger partial charge in [0.1, 0.15) is 5.52 Å². The minimum Gasteiger partial charge on any atom is -0.423 e. The Labute approximate surface area is 172 Å². The summed E-state index contributed by atoms with van der Waals surface area (Å²) < 4.78 is 5.95. The number of nitrogens with one attached hydrogen (secondary N) is 1. The second-order valence-electron chi connectivity index (χ2n) is 8.59. The molecule has 0 unspecified atom stereocenters. The molecule has 0 bridgehead atoms. The van der Waals surface area contributed by atoms with Gasteiger partial charge >= 0.3 is 0 Å². The van der Waals surface area contributed by atoms with Gasteiger partial charge in [0.25, 0.3) is 6.01 Å². The fraction of sp³-hybridized carbons (Fsp3) is 0.636. The molecule has 0 spiro atoms. The van der Waals surface area contributed by atoms with Gasteiger partial charge in [-0.2, -0.15) is 4.98 Å². The normalized spacial score (nSPS) is 24.9. The maximum Gasteiger partial charge on any atom is 0.298 e. The molecule has 7 heteroatoms. The quantitative estimate of drug-likeness (QED) is 0.854. The fourth-order valence-corrected chi connectivity index (χ4v) is 5.10. The van der Waals surface area contributed by atoms with Gasteiger partial charge in [-0.1, -0.05) is 12.1 Å². The molecule has 5 rings (SSSR count). The molecule has 29 heavy (non-hydrogen) atoms. The first-order valence-electron chi connectivity index (χ1n) is 11.1. The van der Waals surface area contributed by atoms with Crippen LogP contribution in [0.1, 0.15) is 25.7 Å². The summed E-state index contributed by atoms with van der Waals surface area (Å²) in [6.07, 6.45) is 4.38. The number of fused-ring (bicyclic) bond motifs is 1. The Morgan fingerprint density at radius 2 is 1.83 bits per heavy atom. The lowest BCUT2D eigenvalue weighted by Crippen LogP contribution is -2.53. The zero-order chi connectivity index (χ0) is 19.6. The molecule has 4 heterocycles. The van der Waals surface area contributed by atoms with Crippen LogP contribution in [0.15, 0.2) is 28.7 Å². The third-order valence-electron chi connectivity index (χ3n) is 6.76. The molecular formula is C22H31N5O2. The number of carbonyl (C=O) groups excluding carboxylic acids is 1. The van der Waals surface area contributed by atoms with E-state index in [0.29, 0.717) is 11.9 Å². The summed E-state index contributed by atoms with van der Waals surface area (Å²) in [6.45, 7) is 7.55. The van der Waals surface area contributed by atoms with Crippen LogP contribution in [-0.2, 0) is 4.79 Å². The number of carbonyl (C=O) groups is 1. The van der Waals surface area contributed by atoms with Crippen molar-refractivity contribution in [2.75, 3.05) is 57.3 Å². The molecule has 0 aliphatic carbocycles. The van der Waals surface area contributed by atoms with Crippen LogP contribution in [0.25, 0.3) is 11.1 Å².